The van der Waals surface area contributed by atoms with Crippen LogP contribution < -0.4 is 10.8 Å². The van der Waals surface area contributed by atoms with Gasteiger partial charge in [-0.15, -0.1) is 0 Å². The zero-order valence-electron chi connectivity index (χ0n) is 16.9. The van der Waals surface area contributed by atoms with Gasteiger partial charge >= 0.3 is 7.60 Å². The molecule has 2 aromatic carbocycles. The van der Waals surface area contributed by atoms with Crippen LogP contribution in [0.25, 0.3) is 10.9 Å². The fraction of sp³-hybridized carbons (Fsp3) is 0.286. The Labute approximate surface area is 191 Å². The van der Waals surface area contributed by atoms with Crippen LogP contribution in [0.4, 0.5) is 11.4 Å². The first kappa shape index (κ1) is 23.3. The molecule has 0 spiro atoms. The Balaban J connectivity index is 2.25. The molecule has 0 saturated heterocycles. The molecule has 0 saturated carbocycles. The fourth-order valence-corrected chi connectivity index (χ4v) is 5.60. The number of nitrogens with one attached hydrogen (secondary N) is 1. The number of halogens is 3. The lowest BCUT2D eigenvalue weighted by molar-refractivity contribution is 0.149. The zero-order valence-corrected chi connectivity index (χ0v) is 20.1. The van der Waals surface area contributed by atoms with Gasteiger partial charge in [-0.2, -0.15) is 0 Å². The molecule has 9 heteroatoms. The third kappa shape index (κ3) is 5.28. The minimum atomic E-state index is -3.81. The van der Waals surface area contributed by atoms with Crippen molar-refractivity contribution in [3.05, 3.63) is 57.5 Å². The molecule has 160 valence electrons. The molecule has 0 amide bonds. The highest BCUT2D eigenvalue weighted by Gasteiger charge is 2.36. The third-order valence-electron chi connectivity index (χ3n) is 3.94. The van der Waals surface area contributed by atoms with Gasteiger partial charge in [0.05, 0.1) is 28.4 Å². The molecule has 0 fully saturated rings. The van der Waals surface area contributed by atoms with E-state index in [4.69, 9.17) is 43.9 Å². The number of hydrogen-bond donors (Lipinski definition) is 1. The van der Waals surface area contributed by atoms with Crippen molar-refractivity contribution in [3.63, 3.8) is 0 Å². The standard InChI is InChI=1S/C21H22Cl3N2O3P/c1-12(2)28-30(27,29-13(3)4)21-19(24)20(25-16-8-5-14(22)6-9-16)17-11-15(23)7-10-18(17)26-21/h5-13H,1-4H3,(H,25,26). The maximum absolute atomic E-state index is 13.8. The molecule has 1 N–H and O–H groups in total. The predicted molar refractivity (Wildman–Crippen MR) is 126 cm³/mol. The minimum absolute atomic E-state index is 0.0536. The van der Waals surface area contributed by atoms with Crippen molar-refractivity contribution in [2.75, 3.05) is 5.32 Å². The van der Waals surface area contributed by atoms with E-state index in [1.807, 2.05) is 12.1 Å². The van der Waals surface area contributed by atoms with Gasteiger partial charge in [-0.25, -0.2) is 4.98 Å². The van der Waals surface area contributed by atoms with Crippen molar-refractivity contribution in [1.82, 2.24) is 4.98 Å². The maximum Gasteiger partial charge on any atom is 0.381 e. The summed E-state index contributed by atoms with van der Waals surface area (Å²) in [5.74, 6) is 0. The number of hydrogen-bond acceptors (Lipinski definition) is 5. The van der Waals surface area contributed by atoms with E-state index in [1.165, 1.54) is 0 Å². The van der Waals surface area contributed by atoms with Gasteiger partial charge < -0.3 is 14.4 Å². The molecule has 0 atom stereocenters. The average molecular weight is 488 g/mol. The lowest BCUT2D eigenvalue weighted by Crippen LogP contribution is -2.21. The van der Waals surface area contributed by atoms with E-state index in [2.05, 4.69) is 10.3 Å². The number of pyridine rings is 1. The summed E-state index contributed by atoms with van der Waals surface area (Å²) in [4.78, 5) is 4.55. The van der Waals surface area contributed by atoms with Crippen molar-refractivity contribution < 1.29 is 13.6 Å². The van der Waals surface area contributed by atoms with Gasteiger partial charge in [0.1, 0.15) is 0 Å². The Bertz CT molecular complexity index is 1090. The van der Waals surface area contributed by atoms with Crippen LogP contribution in [0.3, 0.4) is 0 Å². The third-order valence-corrected chi connectivity index (χ3v) is 7.17. The highest BCUT2D eigenvalue weighted by Crippen LogP contribution is 2.52. The van der Waals surface area contributed by atoms with Crippen molar-refractivity contribution >= 4 is 70.1 Å². The molecular formula is C21H22Cl3N2O3P. The van der Waals surface area contributed by atoms with E-state index in [1.54, 1.807) is 58.0 Å². The molecule has 1 heterocycles. The lowest BCUT2D eigenvalue weighted by atomic mass is 10.1. The monoisotopic (exact) mass is 486 g/mol. The molecule has 0 aliphatic carbocycles. The van der Waals surface area contributed by atoms with E-state index in [9.17, 15) is 4.57 Å². The lowest BCUT2D eigenvalue weighted by Gasteiger charge is -2.24. The molecule has 0 radical (unpaired) electrons. The molecule has 1 aromatic heterocycles. The summed E-state index contributed by atoms with van der Waals surface area (Å²) in [6, 6.07) is 12.3. The maximum atomic E-state index is 13.8. The van der Waals surface area contributed by atoms with Crippen LogP contribution in [0.15, 0.2) is 42.5 Å². The Kier molecular flexibility index (Phi) is 7.34. The van der Waals surface area contributed by atoms with E-state index < -0.39 is 7.60 Å². The minimum Gasteiger partial charge on any atom is -0.354 e. The Morgan fingerprint density at radius 2 is 1.47 bits per heavy atom. The first-order valence-electron chi connectivity index (χ1n) is 9.38. The van der Waals surface area contributed by atoms with Gasteiger partial charge in [0.2, 0.25) is 0 Å². The summed E-state index contributed by atoms with van der Waals surface area (Å²) >= 11 is 19.0. The fourth-order valence-electron chi connectivity index (χ4n) is 2.86. The molecule has 30 heavy (non-hydrogen) atoms. The van der Waals surface area contributed by atoms with Crippen LogP contribution >= 0.6 is 42.4 Å². The summed E-state index contributed by atoms with van der Waals surface area (Å²) < 4.78 is 25.2. The van der Waals surface area contributed by atoms with Gasteiger partial charge in [0.25, 0.3) is 0 Å². The van der Waals surface area contributed by atoms with Gasteiger partial charge in [-0.1, -0.05) is 34.8 Å². The van der Waals surface area contributed by atoms with Crippen molar-refractivity contribution in [1.29, 1.82) is 0 Å². The predicted octanol–water partition coefficient (Wildman–Crippen LogP) is 7.61. The summed E-state index contributed by atoms with van der Waals surface area (Å²) in [6.45, 7) is 7.10. The van der Waals surface area contributed by atoms with Crippen LogP contribution in [-0.4, -0.2) is 17.2 Å². The van der Waals surface area contributed by atoms with Crippen LogP contribution in [0.5, 0.6) is 0 Å². The van der Waals surface area contributed by atoms with Crippen LogP contribution in [-0.2, 0) is 13.6 Å². The first-order chi connectivity index (χ1) is 14.1. The SMILES string of the molecule is CC(C)OP(=O)(OC(C)C)c1nc2ccc(Cl)cc2c(Nc2ccc(Cl)cc2)c1Cl. The molecule has 3 rings (SSSR count). The first-order valence-corrected chi connectivity index (χ1v) is 12.1. The van der Waals surface area contributed by atoms with Crippen LogP contribution in [0.1, 0.15) is 27.7 Å². The quantitative estimate of drug-likeness (QED) is 0.348. The van der Waals surface area contributed by atoms with E-state index >= 15 is 0 Å². The molecule has 3 aromatic rings. The highest BCUT2D eigenvalue weighted by molar-refractivity contribution is 7.62. The Morgan fingerprint density at radius 1 is 0.900 bits per heavy atom. The van der Waals surface area contributed by atoms with Gasteiger partial charge in [0.15, 0.2) is 5.44 Å². The topological polar surface area (TPSA) is 60.5 Å². The molecule has 0 aliphatic rings. The summed E-state index contributed by atoms with van der Waals surface area (Å²) in [5, 5.41) is 5.21. The van der Waals surface area contributed by atoms with E-state index in [0.29, 0.717) is 26.6 Å². The van der Waals surface area contributed by atoms with Gasteiger partial charge in [0, 0.05) is 21.1 Å². The second-order valence-electron chi connectivity index (χ2n) is 7.22. The van der Waals surface area contributed by atoms with Crippen LogP contribution in [0.2, 0.25) is 15.1 Å². The van der Waals surface area contributed by atoms with Crippen LogP contribution in [0, 0.1) is 0 Å². The number of aromatic nitrogens is 1. The Morgan fingerprint density at radius 3 is 2.03 bits per heavy atom. The second-order valence-corrected chi connectivity index (χ2v) is 10.3. The molecule has 0 bridgehead atoms. The molecule has 0 unspecified atom stereocenters. The average Bonchev–Trinajstić information content (AvgIpc) is 2.64. The summed E-state index contributed by atoms with van der Waals surface area (Å²) in [5.41, 5.74) is 1.85. The zero-order chi connectivity index (χ0) is 22.1. The molecule has 5 nitrogen and oxygen atoms in total. The number of benzene rings is 2. The Hall–Kier alpha value is -1.33. The number of rotatable bonds is 7. The second kappa shape index (κ2) is 9.44. The largest absolute Gasteiger partial charge is 0.381 e. The summed E-state index contributed by atoms with van der Waals surface area (Å²) in [6.07, 6.45) is -0.720. The number of fused-ring (bicyclic) bond motifs is 1. The van der Waals surface area contributed by atoms with Crippen molar-refractivity contribution in [3.8, 4) is 0 Å². The van der Waals surface area contributed by atoms with Gasteiger partial charge in [-0.3, -0.25) is 4.57 Å². The number of nitrogens with zero attached hydrogens (tertiary/aromatic N) is 1. The van der Waals surface area contributed by atoms with Crippen molar-refractivity contribution in [2.45, 2.75) is 39.9 Å². The smallest absolute Gasteiger partial charge is 0.354 e. The van der Waals surface area contributed by atoms with E-state index in [0.717, 1.165) is 5.69 Å². The van der Waals surface area contributed by atoms with Gasteiger partial charge in [-0.05, 0) is 70.2 Å². The van der Waals surface area contributed by atoms with E-state index in [-0.39, 0.29) is 22.7 Å². The van der Waals surface area contributed by atoms with Crippen molar-refractivity contribution in [2.24, 2.45) is 0 Å². The molecular weight excluding hydrogens is 466 g/mol. The highest BCUT2D eigenvalue weighted by atomic mass is 35.5. The summed E-state index contributed by atoms with van der Waals surface area (Å²) in [7, 11) is -3.81. The number of anilines is 2. The molecule has 0 aliphatic heterocycles. The normalized spacial score (nSPS) is 12.2.